The number of nitrogens with zero attached hydrogens (tertiary/aromatic N) is 1. The number of ketones is 1. The minimum absolute atomic E-state index is 0.00594. The lowest BCUT2D eigenvalue weighted by Crippen LogP contribution is -2.32. The number of hydrogen-bond acceptors (Lipinski definition) is 6. The number of methoxy groups -OCH3 is 1. The zero-order valence-corrected chi connectivity index (χ0v) is 16.0. The van der Waals surface area contributed by atoms with E-state index in [1.54, 1.807) is 36.4 Å². The first-order valence-corrected chi connectivity index (χ1v) is 9.02. The topological polar surface area (TPSA) is 89.2 Å². The average molecular weight is 385 g/mol. The van der Waals surface area contributed by atoms with Crippen LogP contribution in [0.1, 0.15) is 31.2 Å². The maximum atomic E-state index is 12.7. The van der Waals surface area contributed by atoms with Crippen molar-refractivity contribution in [1.82, 2.24) is 4.90 Å². The number of hydrogen-bond donors (Lipinski definition) is 1. The van der Waals surface area contributed by atoms with Gasteiger partial charge in [0.05, 0.1) is 24.5 Å². The van der Waals surface area contributed by atoms with Crippen LogP contribution in [0.25, 0.3) is 5.76 Å². The summed E-state index contributed by atoms with van der Waals surface area (Å²) in [6.45, 7) is 4.29. The predicted molar refractivity (Wildman–Crippen MR) is 102 cm³/mol. The molecule has 1 aliphatic rings. The Balaban J connectivity index is 2.03. The summed E-state index contributed by atoms with van der Waals surface area (Å²) < 4.78 is 16.1. The van der Waals surface area contributed by atoms with E-state index in [4.69, 9.17) is 13.9 Å². The van der Waals surface area contributed by atoms with Crippen molar-refractivity contribution in [3.8, 4) is 5.75 Å². The third-order valence-corrected chi connectivity index (χ3v) is 4.39. The second-order valence-corrected chi connectivity index (χ2v) is 6.69. The molecule has 1 fully saturated rings. The molecule has 1 amide bonds. The van der Waals surface area contributed by atoms with Crippen LogP contribution in [0.3, 0.4) is 0 Å². The molecule has 0 radical (unpaired) electrons. The molecule has 1 aliphatic heterocycles. The molecule has 1 atom stereocenters. The van der Waals surface area contributed by atoms with Crippen molar-refractivity contribution in [3.05, 3.63) is 59.6 Å². The second kappa shape index (κ2) is 8.31. The van der Waals surface area contributed by atoms with Gasteiger partial charge in [-0.15, -0.1) is 0 Å². The van der Waals surface area contributed by atoms with Gasteiger partial charge in [-0.3, -0.25) is 9.59 Å². The van der Waals surface area contributed by atoms with Gasteiger partial charge in [0.15, 0.2) is 0 Å². The number of likely N-dealkylation sites (tertiary alicyclic amines) is 1. The molecule has 1 saturated heterocycles. The molecular formula is C21H23NO6. The highest BCUT2D eigenvalue weighted by atomic mass is 16.5. The maximum absolute atomic E-state index is 12.7. The molecule has 0 spiro atoms. The summed E-state index contributed by atoms with van der Waals surface area (Å²) in [6.07, 6.45) is 1.48. The molecule has 3 rings (SSSR count). The molecular weight excluding hydrogens is 362 g/mol. The standard InChI is InChI=1S/C21H23NO6/c1-13(2)28-15-8-6-14(7-9-15)19(23)17-18(16-5-4-11-27-16)22(10-12-26-3)21(25)20(17)24/h4-9,11,13,18,23H,10,12H2,1-3H3/b19-17-. The van der Waals surface area contributed by atoms with E-state index in [1.165, 1.54) is 18.3 Å². The van der Waals surface area contributed by atoms with Gasteiger partial charge in [0.1, 0.15) is 23.3 Å². The van der Waals surface area contributed by atoms with Crippen LogP contribution in [0.5, 0.6) is 5.75 Å². The first-order chi connectivity index (χ1) is 13.4. The van der Waals surface area contributed by atoms with Crippen molar-refractivity contribution >= 4 is 17.4 Å². The second-order valence-electron chi connectivity index (χ2n) is 6.69. The number of ether oxygens (including phenoxy) is 2. The molecule has 7 heteroatoms. The lowest BCUT2D eigenvalue weighted by molar-refractivity contribution is -0.140. The van der Waals surface area contributed by atoms with E-state index in [0.717, 1.165) is 0 Å². The van der Waals surface area contributed by atoms with Crippen LogP contribution in [0, 0.1) is 0 Å². The quantitative estimate of drug-likeness (QED) is 0.447. The highest BCUT2D eigenvalue weighted by Gasteiger charge is 2.47. The van der Waals surface area contributed by atoms with Gasteiger partial charge in [0, 0.05) is 19.2 Å². The Kier molecular flexibility index (Phi) is 5.84. The smallest absolute Gasteiger partial charge is 0.295 e. The van der Waals surface area contributed by atoms with Gasteiger partial charge in [-0.1, -0.05) is 0 Å². The number of furan rings is 1. The molecule has 2 aromatic rings. The van der Waals surface area contributed by atoms with Gasteiger partial charge < -0.3 is 23.9 Å². The fourth-order valence-corrected chi connectivity index (χ4v) is 3.16. The summed E-state index contributed by atoms with van der Waals surface area (Å²) in [5.74, 6) is -0.653. The first kappa shape index (κ1) is 19.7. The summed E-state index contributed by atoms with van der Waals surface area (Å²) in [6, 6.07) is 9.24. The largest absolute Gasteiger partial charge is 0.507 e. The fourth-order valence-electron chi connectivity index (χ4n) is 3.16. The summed E-state index contributed by atoms with van der Waals surface area (Å²) in [7, 11) is 1.51. The number of rotatable bonds is 7. The van der Waals surface area contributed by atoms with Crippen LogP contribution in [-0.4, -0.2) is 48.1 Å². The van der Waals surface area contributed by atoms with Crippen molar-refractivity contribution in [2.24, 2.45) is 0 Å². The zero-order chi connectivity index (χ0) is 20.3. The number of Topliss-reactive ketones (excluding diaryl/α,β-unsaturated/α-hetero) is 1. The van der Waals surface area contributed by atoms with Crippen LogP contribution < -0.4 is 4.74 Å². The Labute approximate surface area is 163 Å². The van der Waals surface area contributed by atoms with Crippen molar-refractivity contribution in [1.29, 1.82) is 0 Å². The third-order valence-electron chi connectivity index (χ3n) is 4.39. The minimum atomic E-state index is -0.809. The maximum Gasteiger partial charge on any atom is 0.295 e. The number of benzene rings is 1. The van der Waals surface area contributed by atoms with Crippen molar-refractivity contribution in [2.45, 2.75) is 26.0 Å². The van der Waals surface area contributed by atoms with Gasteiger partial charge >= 0.3 is 0 Å². The molecule has 2 heterocycles. The number of carbonyl (C=O) groups excluding carboxylic acids is 2. The predicted octanol–water partition coefficient (Wildman–Crippen LogP) is 3.13. The number of aliphatic hydroxyl groups is 1. The highest BCUT2D eigenvalue weighted by molar-refractivity contribution is 6.46. The molecule has 1 aromatic heterocycles. The highest BCUT2D eigenvalue weighted by Crippen LogP contribution is 2.39. The summed E-state index contributed by atoms with van der Waals surface area (Å²) in [5.41, 5.74) is 0.408. The van der Waals surface area contributed by atoms with E-state index >= 15 is 0 Å². The van der Waals surface area contributed by atoms with Crippen molar-refractivity contribution < 1.29 is 28.6 Å². The molecule has 7 nitrogen and oxygen atoms in total. The third kappa shape index (κ3) is 3.80. The van der Waals surface area contributed by atoms with E-state index in [2.05, 4.69) is 0 Å². The number of amides is 1. The SMILES string of the molecule is COCCN1C(=O)C(=O)/C(=C(\O)c2ccc(OC(C)C)cc2)C1c1ccco1. The van der Waals surface area contributed by atoms with Crippen LogP contribution in [-0.2, 0) is 14.3 Å². The Morgan fingerprint density at radius 1 is 1.21 bits per heavy atom. The number of carbonyl (C=O) groups is 2. The van der Waals surface area contributed by atoms with Crippen LogP contribution in [0.2, 0.25) is 0 Å². The Bertz CT molecular complexity index is 867. The Morgan fingerprint density at radius 3 is 2.50 bits per heavy atom. The van der Waals surface area contributed by atoms with Crippen LogP contribution >= 0.6 is 0 Å². The Morgan fingerprint density at radius 2 is 1.93 bits per heavy atom. The van der Waals surface area contributed by atoms with Crippen LogP contribution in [0.4, 0.5) is 0 Å². The lowest BCUT2D eigenvalue weighted by Gasteiger charge is -2.22. The number of aliphatic hydroxyl groups excluding tert-OH is 1. The van der Waals surface area contributed by atoms with Crippen molar-refractivity contribution in [2.75, 3.05) is 20.3 Å². The molecule has 1 unspecified atom stereocenters. The Hall–Kier alpha value is -3.06. The van der Waals surface area contributed by atoms with E-state index in [-0.39, 0.29) is 30.6 Å². The van der Waals surface area contributed by atoms with Crippen LogP contribution in [0.15, 0.2) is 52.7 Å². The lowest BCUT2D eigenvalue weighted by atomic mass is 9.99. The van der Waals surface area contributed by atoms with Gasteiger partial charge in [-0.05, 0) is 50.2 Å². The van der Waals surface area contributed by atoms with E-state index < -0.39 is 17.7 Å². The molecule has 0 aliphatic carbocycles. The zero-order valence-electron chi connectivity index (χ0n) is 16.0. The van der Waals surface area contributed by atoms with Gasteiger partial charge in [-0.25, -0.2) is 0 Å². The van der Waals surface area contributed by atoms with Gasteiger partial charge in [0.25, 0.3) is 11.7 Å². The molecule has 0 bridgehead atoms. The monoisotopic (exact) mass is 385 g/mol. The van der Waals surface area contributed by atoms with E-state index in [1.807, 2.05) is 13.8 Å². The summed E-state index contributed by atoms with van der Waals surface area (Å²) in [4.78, 5) is 26.6. The summed E-state index contributed by atoms with van der Waals surface area (Å²) >= 11 is 0. The van der Waals surface area contributed by atoms with Gasteiger partial charge in [0.2, 0.25) is 0 Å². The fraction of sp³-hybridized carbons (Fsp3) is 0.333. The molecule has 28 heavy (non-hydrogen) atoms. The van der Waals surface area contributed by atoms with E-state index in [0.29, 0.717) is 17.1 Å². The molecule has 1 aromatic carbocycles. The molecule has 0 saturated carbocycles. The van der Waals surface area contributed by atoms with Crippen molar-refractivity contribution in [3.63, 3.8) is 0 Å². The summed E-state index contributed by atoms with van der Waals surface area (Å²) in [5, 5.41) is 10.9. The normalized spacial score (nSPS) is 18.9. The van der Waals surface area contributed by atoms with Gasteiger partial charge in [-0.2, -0.15) is 0 Å². The van der Waals surface area contributed by atoms with E-state index in [9.17, 15) is 14.7 Å². The average Bonchev–Trinajstić information content (AvgIpc) is 3.27. The molecule has 1 N–H and O–H groups in total. The molecule has 148 valence electrons. The minimum Gasteiger partial charge on any atom is -0.507 e. The first-order valence-electron chi connectivity index (χ1n) is 9.02.